The van der Waals surface area contributed by atoms with Crippen molar-refractivity contribution in [2.75, 3.05) is 12.4 Å². The molecular formula is C21H26N2O4. The summed E-state index contributed by atoms with van der Waals surface area (Å²) < 4.78 is 10.3. The molecule has 2 aromatic rings. The molecule has 0 fully saturated rings. The molecule has 0 aliphatic rings. The number of hydrogen-bond acceptors (Lipinski definition) is 4. The number of carbonyl (C=O) groups excluding carboxylic acids is 2. The number of carbonyl (C=O) groups is 2. The second-order valence-electron chi connectivity index (χ2n) is 7.13. The van der Waals surface area contributed by atoms with E-state index in [1.54, 1.807) is 52.1 Å². The van der Waals surface area contributed by atoms with Crippen LogP contribution in [0, 0.1) is 0 Å². The number of nitrogens with one attached hydrogen (secondary N) is 2. The Labute approximate surface area is 159 Å². The van der Waals surface area contributed by atoms with Crippen molar-refractivity contribution in [2.45, 2.75) is 39.3 Å². The summed E-state index contributed by atoms with van der Waals surface area (Å²) in [7, 11) is 1.62. The molecule has 6 nitrogen and oxygen atoms in total. The number of benzene rings is 2. The molecule has 0 radical (unpaired) electrons. The highest BCUT2D eigenvalue weighted by molar-refractivity contribution is 5.85. The van der Waals surface area contributed by atoms with Gasteiger partial charge in [-0.25, -0.2) is 4.79 Å². The lowest BCUT2D eigenvalue weighted by atomic mass is 10.1. The average molecular weight is 370 g/mol. The number of anilines is 1. The summed E-state index contributed by atoms with van der Waals surface area (Å²) >= 11 is 0. The minimum absolute atomic E-state index is 0.0707. The Morgan fingerprint density at radius 1 is 0.926 bits per heavy atom. The number of hydrogen-bond donors (Lipinski definition) is 2. The molecule has 0 aliphatic carbocycles. The maximum atomic E-state index is 12.1. The van der Waals surface area contributed by atoms with Gasteiger partial charge in [0.1, 0.15) is 11.4 Å². The van der Waals surface area contributed by atoms with E-state index in [1.807, 2.05) is 24.3 Å². The van der Waals surface area contributed by atoms with E-state index >= 15 is 0 Å². The van der Waals surface area contributed by atoms with E-state index in [0.29, 0.717) is 12.2 Å². The molecule has 2 N–H and O–H groups in total. The molecule has 0 aromatic heterocycles. The Bertz CT molecular complexity index is 762. The Kier molecular flexibility index (Phi) is 6.82. The van der Waals surface area contributed by atoms with E-state index < -0.39 is 11.7 Å². The standard InChI is InChI=1S/C21H26N2O4/c1-21(2,3)27-20(25)23-17-9-5-15(6-10-17)13-19(24)22-14-16-7-11-18(26-4)12-8-16/h5-12H,13-14H2,1-4H3,(H,22,24)(H,23,25). The first-order chi connectivity index (χ1) is 12.7. The Morgan fingerprint density at radius 2 is 1.52 bits per heavy atom. The van der Waals surface area contributed by atoms with Gasteiger partial charge in [0.05, 0.1) is 13.5 Å². The van der Waals surface area contributed by atoms with Crippen LogP contribution in [0.25, 0.3) is 0 Å². The molecule has 0 saturated carbocycles. The van der Waals surface area contributed by atoms with Gasteiger partial charge < -0.3 is 14.8 Å². The van der Waals surface area contributed by atoms with Crippen LogP contribution in [-0.2, 0) is 22.5 Å². The second kappa shape index (κ2) is 9.07. The predicted octanol–water partition coefficient (Wildman–Crippen LogP) is 3.90. The summed E-state index contributed by atoms with van der Waals surface area (Å²) in [4.78, 5) is 23.8. The summed E-state index contributed by atoms with van der Waals surface area (Å²) in [5.74, 6) is 0.712. The van der Waals surface area contributed by atoms with Crippen LogP contribution < -0.4 is 15.4 Å². The van der Waals surface area contributed by atoms with Gasteiger partial charge >= 0.3 is 6.09 Å². The van der Waals surface area contributed by atoms with Crippen molar-refractivity contribution in [1.29, 1.82) is 0 Å². The molecule has 27 heavy (non-hydrogen) atoms. The van der Waals surface area contributed by atoms with E-state index in [-0.39, 0.29) is 12.3 Å². The zero-order chi connectivity index (χ0) is 19.9. The van der Waals surface area contributed by atoms with Crippen LogP contribution in [0.15, 0.2) is 48.5 Å². The lowest BCUT2D eigenvalue weighted by molar-refractivity contribution is -0.120. The Morgan fingerprint density at radius 3 is 2.07 bits per heavy atom. The minimum Gasteiger partial charge on any atom is -0.497 e. The molecule has 0 spiro atoms. The lowest BCUT2D eigenvalue weighted by Gasteiger charge is -2.19. The smallest absolute Gasteiger partial charge is 0.412 e. The van der Waals surface area contributed by atoms with Gasteiger partial charge in [-0.05, 0) is 56.2 Å². The Hall–Kier alpha value is -3.02. The van der Waals surface area contributed by atoms with Gasteiger partial charge in [-0.15, -0.1) is 0 Å². The fourth-order valence-electron chi connectivity index (χ4n) is 2.32. The number of methoxy groups -OCH3 is 1. The molecule has 2 amide bonds. The van der Waals surface area contributed by atoms with Gasteiger partial charge in [0, 0.05) is 12.2 Å². The number of amides is 2. The van der Waals surface area contributed by atoms with Gasteiger partial charge in [0.2, 0.25) is 5.91 Å². The van der Waals surface area contributed by atoms with Gasteiger partial charge in [-0.1, -0.05) is 24.3 Å². The minimum atomic E-state index is -0.550. The predicted molar refractivity (Wildman–Crippen MR) is 105 cm³/mol. The normalized spacial score (nSPS) is 10.8. The van der Waals surface area contributed by atoms with Gasteiger partial charge in [0.15, 0.2) is 0 Å². The van der Waals surface area contributed by atoms with Crippen LogP contribution in [0.1, 0.15) is 31.9 Å². The van der Waals surface area contributed by atoms with Crippen molar-refractivity contribution in [3.05, 3.63) is 59.7 Å². The van der Waals surface area contributed by atoms with E-state index in [9.17, 15) is 9.59 Å². The fourth-order valence-corrected chi connectivity index (χ4v) is 2.32. The first-order valence-corrected chi connectivity index (χ1v) is 8.74. The van der Waals surface area contributed by atoms with Crippen LogP contribution in [0.2, 0.25) is 0 Å². The summed E-state index contributed by atoms with van der Waals surface area (Å²) in [5.41, 5.74) is 1.93. The van der Waals surface area contributed by atoms with E-state index in [2.05, 4.69) is 10.6 Å². The number of rotatable bonds is 6. The molecule has 2 aromatic carbocycles. The third-order valence-electron chi connectivity index (χ3n) is 3.61. The van der Waals surface area contributed by atoms with Gasteiger partial charge in [-0.2, -0.15) is 0 Å². The second-order valence-corrected chi connectivity index (χ2v) is 7.13. The van der Waals surface area contributed by atoms with Crippen molar-refractivity contribution in [1.82, 2.24) is 5.32 Å². The fraction of sp³-hybridized carbons (Fsp3) is 0.333. The highest BCUT2D eigenvalue weighted by Gasteiger charge is 2.16. The highest BCUT2D eigenvalue weighted by Crippen LogP contribution is 2.14. The van der Waals surface area contributed by atoms with Crippen molar-refractivity contribution in [3.8, 4) is 5.75 Å². The van der Waals surface area contributed by atoms with E-state index in [0.717, 1.165) is 16.9 Å². The molecule has 144 valence electrons. The van der Waals surface area contributed by atoms with E-state index in [1.165, 1.54) is 0 Å². The third kappa shape index (κ3) is 7.40. The SMILES string of the molecule is COc1ccc(CNC(=O)Cc2ccc(NC(=O)OC(C)(C)C)cc2)cc1. The van der Waals surface area contributed by atoms with E-state index in [4.69, 9.17) is 9.47 Å². The average Bonchev–Trinajstić information content (AvgIpc) is 2.60. The van der Waals surface area contributed by atoms with Crippen LogP contribution in [0.3, 0.4) is 0 Å². The first-order valence-electron chi connectivity index (χ1n) is 8.74. The highest BCUT2D eigenvalue weighted by atomic mass is 16.6. The molecule has 0 aliphatic heterocycles. The summed E-state index contributed by atoms with van der Waals surface area (Å²) in [6, 6.07) is 14.6. The first kappa shape index (κ1) is 20.3. The van der Waals surface area contributed by atoms with Crippen molar-refractivity contribution in [2.24, 2.45) is 0 Å². The molecular weight excluding hydrogens is 344 g/mol. The van der Waals surface area contributed by atoms with Gasteiger partial charge in [0.25, 0.3) is 0 Å². The lowest BCUT2D eigenvalue weighted by Crippen LogP contribution is -2.27. The van der Waals surface area contributed by atoms with Crippen molar-refractivity contribution >= 4 is 17.7 Å². The topological polar surface area (TPSA) is 76.7 Å². The molecule has 0 atom stereocenters. The van der Waals surface area contributed by atoms with Crippen LogP contribution >= 0.6 is 0 Å². The Balaban J connectivity index is 1.81. The zero-order valence-electron chi connectivity index (χ0n) is 16.2. The third-order valence-corrected chi connectivity index (χ3v) is 3.61. The molecule has 0 bridgehead atoms. The maximum Gasteiger partial charge on any atom is 0.412 e. The summed E-state index contributed by atoms with van der Waals surface area (Å²) in [6.45, 7) is 5.88. The molecule has 2 rings (SSSR count). The number of ether oxygens (including phenoxy) is 2. The van der Waals surface area contributed by atoms with Crippen molar-refractivity contribution < 1.29 is 19.1 Å². The zero-order valence-corrected chi connectivity index (χ0v) is 16.2. The van der Waals surface area contributed by atoms with Crippen LogP contribution in [0.4, 0.5) is 10.5 Å². The van der Waals surface area contributed by atoms with Crippen LogP contribution in [-0.4, -0.2) is 24.7 Å². The molecule has 0 heterocycles. The maximum absolute atomic E-state index is 12.1. The monoisotopic (exact) mass is 370 g/mol. The summed E-state index contributed by atoms with van der Waals surface area (Å²) in [6.07, 6.45) is -0.240. The molecule has 0 saturated heterocycles. The van der Waals surface area contributed by atoms with Crippen LogP contribution in [0.5, 0.6) is 5.75 Å². The quantitative estimate of drug-likeness (QED) is 0.808. The molecule has 6 heteroatoms. The van der Waals surface area contributed by atoms with Crippen molar-refractivity contribution in [3.63, 3.8) is 0 Å². The summed E-state index contributed by atoms with van der Waals surface area (Å²) in [5, 5.41) is 5.55. The van der Waals surface area contributed by atoms with Gasteiger partial charge in [-0.3, -0.25) is 10.1 Å². The largest absolute Gasteiger partial charge is 0.497 e. The molecule has 0 unspecified atom stereocenters.